The first kappa shape index (κ1) is 17.8. The zero-order chi connectivity index (χ0) is 17.9. The summed E-state index contributed by atoms with van der Waals surface area (Å²) in [5.41, 5.74) is 0.505. The summed E-state index contributed by atoms with van der Waals surface area (Å²) < 4.78 is 44.9. The van der Waals surface area contributed by atoms with Gasteiger partial charge in [-0.1, -0.05) is 6.07 Å². The molecule has 0 radical (unpaired) electrons. The first-order valence-corrected chi connectivity index (χ1v) is 7.27. The number of carbonyl (C=O) groups is 1. The molecule has 0 aliphatic heterocycles. The quantitative estimate of drug-likeness (QED) is 0.851. The van der Waals surface area contributed by atoms with Gasteiger partial charge in [0.2, 0.25) is 0 Å². The van der Waals surface area contributed by atoms with Crippen LogP contribution >= 0.6 is 0 Å². The second-order valence-corrected chi connectivity index (χ2v) is 5.46. The number of hydrogen-bond donors (Lipinski definition) is 1. The Morgan fingerprint density at radius 2 is 1.88 bits per heavy atom. The van der Waals surface area contributed by atoms with E-state index in [1.54, 1.807) is 0 Å². The summed E-state index contributed by atoms with van der Waals surface area (Å²) in [5.74, 6) is -0.182. The number of hydrogen-bond acceptors (Lipinski definition) is 3. The number of carbonyl (C=O) groups excluding carboxylic acids is 1. The highest BCUT2D eigenvalue weighted by molar-refractivity contribution is 5.95. The molecular weight excluding hydrogens is 323 g/mol. The summed E-state index contributed by atoms with van der Waals surface area (Å²) in [5, 5.41) is 5.91. The van der Waals surface area contributed by atoms with E-state index in [-0.39, 0.29) is 13.2 Å². The molecule has 0 atom stereocenters. The van der Waals surface area contributed by atoms with Crippen LogP contribution in [-0.4, -0.2) is 28.8 Å². The Morgan fingerprint density at radius 1 is 1.25 bits per heavy atom. The minimum atomic E-state index is -4.65. The van der Waals surface area contributed by atoms with E-state index in [1.165, 1.54) is 0 Å². The number of aromatic nitrogens is 2. The highest BCUT2D eigenvalue weighted by atomic mass is 19.4. The number of halogens is 3. The van der Waals surface area contributed by atoms with Gasteiger partial charge in [-0.15, -0.1) is 0 Å². The maximum atomic E-state index is 12.9. The van der Waals surface area contributed by atoms with Crippen molar-refractivity contribution in [1.29, 1.82) is 0 Å². The van der Waals surface area contributed by atoms with E-state index in [4.69, 9.17) is 4.74 Å². The van der Waals surface area contributed by atoms with Crippen molar-refractivity contribution in [2.45, 2.75) is 20.0 Å². The Hall–Kier alpha value is -2.51. The number of rotatable bonds is 5. The van der Waals surface area contributed by atoms with E-state index in [1.807, 2.05) is 32.0 Å². The van der Waals surface area contributed by atoms with Crippen molar-refractivity contribution >= 4 is 5.91 Å². The van der Waals surface area contributed by atoms with Gasteiger partial charge in [-0.05, 0) is 37.1 Å². The van der Waals surface area contributed by atoms with Gasteiger partial charge in [-0.25, -0.2) is 0 Å². The van der Waals surface area contributed by atoms with E-state index in [2.05, 4.69) is 10.4 Å². The summed E-state index contributed by atoms with van der Waals surface area (Å²) in [6.07, 6.45) is -3.74. The highest BCUT2D eigenvalue weighted by Crippen LogP contribution is 2.31. The second-order valence-electron chi connectivity index (χ2n) is 5.46. The summed E-state index contributed by atoms with van der Waals surface area (Å²) in [4.78, 5) is 11.9. The largest absolute Gasteiger partial charge is 0.492 e. The van der Waals surface area contributed by atoms with Gasteiger partial charge >= 0.3 is 6.18 Å². The molecule has 0 spiro atoms. The third kappa shape index (κ3) is 4.27. The summed E-state index contributed by atoms with van der Waals surface area (Å²) in [6, 6.07) is 5.69. The highest BCUT2D eigenvalue weighted by Gasteiger charge is 2.39. The molecular formula is C16H18F3N3O2. The van der Waals surface area contributed by atoms with Crippen LogP contribution in [0, 0.1) is 13.8 Å². The monoisotopic (exact) mass is 341 g/mol. The van der Waals surface area contributed by atoms with Crippen molar-refractivity contribution in [3.05, 3.63) is 46.8 Å². The zero-order valence-corrected chi connectivity index (χ0v) is 13.6. The van der Waals surface area contributed by atoms with Crippen LogP contribution in [0.15, 0.2) is 24.4 Å². The molecule has 2 aromatic rings. The van der Waals surface area contributed by atoms with Crippen molar-refractivity contribution < 1.29 is 22.7 Å². The van der Waals surface area contributed by atoms with Crippen molar-refractivity contribution in [1.82, 2.24) is 15.1 Å². The summed E-state index contributed by atoms with van der Waals surface area (Å²) >= 11 is 0. The number of ether oxygens (including phenoxy) is 1. The van der Waals surface area contributed by atoms with Gasteiger partial charge < -0.3 is 10.1 Å². The Kier molecular flexibility index (Phi) is 5.16. The lowest BCUT2D eigenvalue weighted by atomic mass is 10.1. The van der Waals surface area contributed by atoms with Gasteiger partial charge in [0.05, 0.1) is 18.3 Å². The third-order valence-electron chi connectivity index (χ3n) is 3.30. The van der Waals surface area contributed by atoms with Crippen LogP contribution in [0.5, 0.6) is 5.75 Å². The van der Waals surface area contributed by atoms with Crippen LogP contribution in [0.4, 0.5) is 13.2 Å². The molecule has 0 saturated heterocycles. The molecule has 130 valence electrons. The predicted octanol–water partition coefficient (Wildman–Crippen LogP) is 2.86. The Bertz CT molecular complexity index is 718. The number of benzene rings is 1. The van der Waals surface area contributed by atoms with E-state index in [0.717, 1.165) is 24.4 Å². The molecule has 1 aromatic heterocycles. The van der Waals surface area contributed by atoms with Crippen LogP contribution in [0.3, 0.4) is 0 Å². The van der Waals surface area contributed by atoms with Crippen LogP contribution in [0.2, 0.25) is 0 Å². The van der Waals surface area contributed by atoms with Crippen molar-refractivity contribution in [3.63, 3.8) is 0 Å². The molecule has 1 N–H and O–H groups in total. The van der Waals surface area contributed by atoms with E-state index in [0.29, 0.717) is 10.4 Å². The van der Waals surface area contributed by atoms with Crippen LogP contribution in [0.25, 0.3) is 0 Å². The normalized spacial score (nSPS) is 11.4. The van der Waals surface area contributed by atoms with E-state index >= 15 is 0 Å². The van der Waals surface area contributed by atoms with Gasteiger partial charge in [0.1, 0.15) is 12.4 Å². The molecule has 0 fully saturated rings. The lowest BCUT2D eigenvalue weighted by molar-refractivity contribution is -0.144. The van der Waals surface area contributed by atoms with E-state index in [9.17, 15) is 18.0 Å². The van der Waals surface area contributed by atoms with Gasteiger partial charge in [-0.2, -0.15) is 18.3 Å². The average Bonchev–Trinajstić information content (AvgIpc) is 2.84. The molecule has 8 heteroatoms. The van der Waals surface area contributed by atoms with Crippen molar-refractivity contribution in [2.75, 3.05) is 13.2 Å². The van der Waals surface area contributed by atoms with E-state index < -0.39 is 23.3 Å². The van der Waals surface area contributed by atoms with Crippen LogP contribution in [0.1, 0.15) is 27.2 Å². The summed E-state index contributed by atoms with van der Waals surface area (Å²) in [6.45, 7) is 4.10. The molecule has 24 heavy (non-hydrogen) atoms. The molecule has 0 saturated carbocycles. The fourth-order valence-electron chi connectivity index (χ4n) is 2.38. The fraction of sp³-hybridized carbons (Fsp3) is 0.375. The van der Waals surface area contributed by atoms with Gasteiger partial charge in [0, 0.05) is 7.05 Å². The van der Waals surface area contributed by atoms with Crippen molar-refractivity contribution in [2.24, 2.45) is 7.05 Å². The smallest absolute Gasteiger partial charge is 0.433 e. The summed E-state index contributed by atoms with van der Waals surface area (Å²) in [7, 11) is 1.14. The van der Waals surface area contributed by atoms with Crippen LogP contribution in [-0.2, 0) is 13.2 Å². The third-order valence-corrected chi connectivity index (χ3v) is 3.30. The molecule has 0 bridgehead atoms. The number of alkyl halides is 3. The second kappa shape index (κ2) is 6.94. The Morgan fingerprint density at radius 3 is 2.46 bits per heavy atom. The standard InChI is InChI=1S/C16H18F3N3O2/c1-10-6-11(2)8-12(7-10)24-5-4-20-15(23)13-9-21-22(3)14(13)16(17,18)19/h6-9H,4-5H2,1-3H3,(H,20,23). The molecule has 0 aliphatic rings. The van der Waals surface area contributed by atoms with Gasteiger partial charge in [0.25, 0.3) is 5.91 Å². The van der Waals surface area contributed by atoms with Crippen LogP contribution < -0.4 is 10.1 Å². The first-order valence-electron chi connectivity index (χ1n) is 7.27. The number of nitrogens with one attached hydrogen (secondary N) is 1. The predicted molar refractivity (Wildman–Crippen MR) is 82.0 cm³/mol. The maximum absolute atomic E-state index is 12.9. The first-order chi connectivity index (χ1) is 11.2. The molecule has 1 amide bonds. The van der Waals surface area contributed by atoms with Gasteiger partial charge in [0.15, 0.2) is 5.69 Å². The topological polar surface area (TPSA) is 56.1 Å². The SMILES string of the molecule is Cc1cc(C)cc(OCCNC(=O)c2cnn(C)c2C(F)(F)F)c1. The fourth-order valence-corrected chi connectivity index (χ4v) is 2.38. The minimum absolute atomic E-state index is 0.0814. The molecule has 5 nitrogen and oxygen atoms in total. The average molecular weight is 341 g/mol. The van der Waals surface area contributed by atoms with Gasteiger partial charge in [-0.3, -0.25) is 9.48 Å². The Labute approximate surface area is 137 Å². The lowest BCUT2D eigenvalue weighted by Gasteiger charge is -2.11. The molecule has 1 aromatic carbocycles. The van der Waals surface area contributed by atoms with Crippen molar-refractivity contribution in [3.8, 4) is 5.75 Å². The maximum Gasteiger partial charge on any atom is 0.433 e. The zero-order valence-electron chi connectivity index (χ0n) is 13.6. The number of nitrogens with zero attached hydrogens (tertiary/aromatic N) is 2. The number of amides is 1. The molecule has 2 rings (SSSR count). The Balaban J connectivity index is 1.92. The number of aryl methyl sites for hydroxylation is 3. The molecule has 0 aliphatic carbocycles. The molecule has 1 heterocycles. The minimum Gasteiger partial charge on any atom is -0.492 e. The lowest BCUT2D eigenvalue weighted by Crippen LogP contribution is -2.30. The molecule has 0 unspecified atom stereocenters.